The fourth-order valence-electron chi connectivity index (χ4n) is 1.47. The number of benzene rings is 1. The van der Waals surface area contributed by atoms with Crippen LogP contribution in [0.5, 0.6) is 0 Å². The number of nitrogens with two attached hydrogens (primary N) is 1. The van der Waals surface area contributed by atoms with Crippen molar-refractivity contribution in [3.63, 3.8) is 0 Å². The molecule has 0 aliphatic rings. The van der Waals surface area contributed by atoms with Crippen LogP contribution in [0.15, 0.2) is 22.7 Å². The zero-order chi connectivity index (χ0) is 12.0. The lowest BCUT2D eigenvalue weighted by Gasteiger charge is -2.07. The minimum absolute atomic E-state index is 0.553. The van der Waals surface area contributed by atoms with Gasteiger partial charge in [0, 0.05) is 32.3 Å². The molecule has 0 saturated carbocycles. The van der Waals surface area contributed by atoms with Crippen molar-refractivity contribution in [2.24, 2.45) is 0 Å². The zero-order valence-corrected chi connectivity index (χ0v) is 11.9. The van der Waals surface area contributed by atoms with Crippen LogP contribution in [-0.2, 0) is 16.6 Å². The molecule has 0 bridgehead atoms. The number of hydrogen-bond donors (Lipinski definition) is 1. The summed E-state index contributed by atoms with van der Waals surface area (Å²) in [6.07, 6.45) is 3.35. The van der Waals surface area contributed by atoms with Crippen LogP contribution in [0, 0.1) is 0 Å². The van der Waals surface area contributed by atoms with Gasteiger partial charge in [0.25, 0.3) is 0 Å². The van der Waals surface area contributed by atoms with E-state index in [4.69, 9.17) is 5.73 Å². The summed E-state index contributed by atoms with van der Waals surface area (Å²) in [5, 5.41) is 0. The topological polar surface area (TPSA) is 43.1 Å². The Balaban J connectivity index is 2.56. The number of halogens is 1. The molecule has 2 nitrogen and oxygen atoms in total. The first-order valence-corrected chi connectivity index (χ1v) is 7.81. The third-order valence-corrected chi connectivity index (χ3v) is 4.53. The standard InChI is InChI=1S/C12H18BrNOS/c1-2-3-4-8-16(15)9-10-11(13)6-5-7-12(10)14/h5-7H,2-4,8-9,14H2,1H3. The minimum Gasteiger partial charge on any atom is -0.398 e. The number of nitrogen functional groups attached to an aromatic ring is 1. The Bertz CT molecular complexity index is 348. The minimum atomic E-state index is -0.803. The fourth-order valence-corrected chi connectivity index (χ4v) is 3.50. The van der Waals surface area contributed by atoms with Crippen molar-refractivity contribution in [2.45, 2.75) is 31.9 Å². The van der Waals surface area contributed by atoms with E-state index in [1.165, 1.54) is 0 Å². The van der Waals surface area contributed by atoms with Crippen molar-refractivity contribution in [3.8, 4) is 0 Å². The van der Waals surface area contributed by atoms with Gasteiger partial charge in [-0.05, 0) is 18.6 Å². The van der Waals surface area contributed by atoms with E-state index in [1.807, 2.05) is 18.2 Å². The van der Waals surface area contributed by atoms with E-state index in [9.17, 15) is 4.21 Å². The van der Waals surface area contributed by atoms with Crippen LogP contribution < -0.4 is 5.73 Å². The van der Waals surface area contributed by atoms with Crippen molar-refractivity contribution >= 4 is 32.4 Å². The van der Waals surface area contributed by atoms with Crippen molar-refractivity contribution < 1.29 is 4.21 Å². The van der Waals surface area contributed by atoms with E-state index in [2.05, 4.69) is 22.9 Å². The van der Waals surface area contributed by atoms with E-state index in [0.29, 0.717) is 5.75 Å². The van der Waals surface area contributed by atoms with E-state index in [0.717, 1.165) is 40.7 Å². The van der Waals surface area contributed by atoms with Gasteiger partial charge in [-0.3, -0.25) is 4.21 Å². The molecular formula is C12H18BrNOS. The molecule has 0 aliphatic heterocycles. The zero-order valence-electron chi connectivity index (χ0n) is 9.54. The second kappa shape index (κ2) is 7.07. The highest BCUT2D eigenvalue weighted by atomic mass is 79.9. The Kier molecular flexibility index (Phi) is 6.06. The summed E-state index contributed by atoms with van der Waals surface area (Å²) in [5.41, 5.74) is 7.55. The molecule has 0 spiro atoms. The Hall–Kier alpha value is -0.350. The molecule has 0 amide bonds. The molecule has 1 unspecified atom stereocenters. The SMILES string of the molecule is CCCCCS(=O)Cc1c(N)cccc1Br. The van der Waals surface area contributed by atoms with Crippen molar-refractivity contribution in [3.05, 3.63) is 28.2 Å². The van der Waals surface area contributed by atoms with Gasteiger partial charge in [-0.2, -0.15) is 0 Å². The first kappa shape index (κ1) is 13.7. The molecule has 0 fully saturated rings. The number of unbranched alkanes of at least 4 members (excludes halogenated alkanes) is 2. The van der Waals surface area contributed by atoms with E-state index in [1.54, 1.807) is 0 Å². The maximum Gasteiger partial charge on any atom is 0.0517 e. The smallest absolute Gasteiger partial charge is 0.0517 e. The quantitative estimate of drug-likeness (QED) is 0.646. The highest BCUT2D eigenvalue weighted by Gasteiger charge is 2.08. The lowest BCUT2D eigenvalue weighted by atomic mass is 10.2. The second-order valence-corrected chi connectivity index (χ2v) is 6.23. The molecular weight excluding hydrogens is 286 g/mol. The summed E-state index contributed by atoms with van der Waals surface area (Å²) < 4.78 is 12.8. The first-order valence-electron chi connectivity index (χ1n) is 5.53. The number of hydrogen-bond acceptors (Lipinski definition) is 2. The Morgan fingerprint density at radius 3 is 2.75 bits per heavy atom. The van der Waals surface area contributed by atoms with E-state index in [-0.39, 0.29) is 0 Å². The lowest BCUT2D eigenvalue weighted by Crippen LogP contribution is -2.04. The average molecular weight is 304 g/mol. The summed E-state index contributed by atoms with van der Waals surface area (Å²) in [4.78, 5) is 0. The number of rotatable bonds is 6. The van der Waals surface area contributed by atoms with Crippen LogP contribution in [0.25, 0.3) is 0 Å². The highest BCUT2D eigenvalue weighted by molar-refractivity contribution is 9.10. The van der Waals surface area contributed by atoms with Crippen LogP contribution in [0.3, 0.4) is 0 Å². The third-order valence-electron chi connectivity index (χ3n) is 2.44. The van der Waals surface area contributed by atoms with Crippen LogP contribution in [0.1, 0.15) is 31.7 Å². The largest absolute Gasteiger partial charge is 0.398 e. The summed E-state index contributed by atoms with van der Waals surface area (Å²) >= 11 is 3.44. The van der Waals surface area contributed by atoms with Gasteiger partial charge in [0.05, 0.1) is 5.75 Å². The Morgan fingerprint density at radius 2 is 2.12 bits per heavy atom. The van der Waals surface area contributed by atoms with Crippen molar-refractivity contribution in [2.75, 3.05) is 11.5 Å². The van der Waals surface area contributed by atoms with Gasteiger partial charge in [-0.25, -0.2) is 0 Å². The first-order chi connectivity index (χ1) is 7.65. The molecule has 90 valence electrons. The second-order valence-electron chi connectivity index (χ2n) is 3.80. The number of anilines is 1. The molecule has 1 atom stereocenters. The molecule has 16 heavy (non-hydrogen) atoms. The van der Waals surface area contributed by atoms with Crippen LogP contribution in [0.4, 0.5) is 5.69 Å². The average Bonchev–Trinajstić information content (AvgIpc) is 2.24. The molecule has 4 heteroatoms. The molecule has 2 N–H and O–H groups in total. The lowest BCUT2D eigenvalue weighted by molar-refractivity contribution is 0.675. The van der Waals surface area contributed by atoms with Gasteiger partial charge >= 0.3 is 0 Å². The maximum atomic E-state index is 11.8. The van der Waals surface area contributed by atoms with E-state index < -0.39 is 10.8 Å². The van der Waals surface area contributed by atoms with Crippen LogP contribution in [0.2, 0.25) is 0 Å². The molecule has 0 aromatic heterocycles. The predicted molar refractivity (Wildman–Crippen MR) is 74.8 cm³/mol. The monoisotopic (exact) mass is 303 g/mol. The highest BCUT2D eigenvalue weighted by Crippen LogP contribution is 2.24. The van der Waals surface area contributed by atoms with E-state index >= 15 is 0 Å². The third kappa shape index (κ3) is 4.26. The summed E-state index contributed by atoms with van der Waals surface area (Å²) in [6.45, 7) is 2.15. The molecule has 0 aliphatic carbocycles. The molecule has 0 heterocycles. The van der Waals surface area contributed by atoms with Gasteiger partial charge in [0.1, 0.15) is 0 Å². The Labute approximate surface area is 108 Å². The van der Waals surface area contributed by atoms with Crippen molar-refractivity contribution in [1.29, 1.82) is 0 Å². The maximum absolute atomic E-state index is 11.8. The van der Waals surface area contributed by atoms with Gasteiger partial charge < -0.3 is 5.73 Å². The Morgan fingerprint density at radius 1 is 1.38 bits per heavy atom. The van der Waals surface area contributed by atoms with Crippen LogP contribution in [-0.4, -0.2) is 9.96 Å². The molecule has 0 saturated heterocycles. The van der Waals surface area contributed by atoms with Crippen LogP contribution >= 0.6 is 15.9 Å². The van der Waals surface area contributed by atoms with Crippen molar-refractivity contribution in [1.82, 2.24) is 0 Å². The summed E-state index contributed by atoms with van der Waals surface area (Å²) in [7, 11) is -0.803. The molecule has 1 rings (SSSR count). The van der Waals surface area contributed by atoms with Gasteiger partial charge in [0.15, 0.2) is 0 Å². The normalized spacial score (nSPS) is 12.6. The van der Waals surface area contributed by atoms with Gasteiger partial charge in [-0.1, -0.05) is 41.8 Å². The van der Waals surface area contributed by atoms with Gasteiger partial charge in [-0.15, -0.1) is 0 Å². The molecule has 1 aromatic rings. The summed E-state index contributed by atoms with van der Waals surface area (Å²) in [5.74, 6) is 1.32. The molecule has 0 radical (unpaired) electrons. The summed E-state index contributed by atoms with van der Waals surface area (Å²) in [6, 6.07) is 5.68. The fraction of sp³-hybridized carbons (Fsp3) is 0.500. The predicted octanol–water partition coefficient (Wildman–Crippen LogP) is 3.47. The molecule has 1 aromatic carbocycles. The van der Waals surface area contributed by atoms with Gasteiger partial charge in [0.2, 0.25) is 0 Å².